The van der Waals surface area contributed by atoms with Crippen molar-refractivity contribution in [1.29, 1.82) is 0 Å². The van der Waals surface area contributed by atoms with Crippen LogP contribution in [0.3, 0.4) is 0 Å². The van der Waals surface area contributed by atoms with Gasteiger partial charge < -0.3 is 14.6 Å². The predicted octanol–water partition coefficient (Wildman–Crippen LogP) is 3.77. The first-order chi connectivity index (χ1) is 14.0. The number of aromatic nitrogens is 1. The summed E-state index contributed by atoms with van der Waals surface area (Å²) in [6.07, 6.45) is 4.76. The number of carbonyl (C=O) groups excluding carboxylic acids is 1. The molecular weight excluding hydrogens is 373 g/mol. The third-order valence-electron chi connectivity index (χ3n) is 5.46. The molecule has 1 saturated heterocycles. The number of likely N-dealkylation sites (tertiary alicyclic amines) is 1. The van der Waals surface area contributed by atoms with Gasteiger partial charge in [-0.25, -0.2) is 4.39 Å². The molecule has 1 N–H and O–H groups in total. The Morgan fingerprint density at radius 3 is 2.72 bits per heavy atom. The minimum absolute atomic E-state index is 0.0186. The van der Waals surface area contributed by atoms with Gasteiger partial charge in [0, 0.05) is 36.8 Å². The van der Waals surface area contributed by atoms with Crippen molar-refractivity contribution in [2.45, 2.75) is 58.2 Å². The number of ether oxygens (including phenoxy) is 1. The summed E-state index contributed by atoms with van der Waals surface area (Å²) >= 11 is 0. The zero-order valence-electron chi connectivity index (χ0n) is 17.2. The number of nitrogens with zero attached hydrogens (tertiary/aromatic N) is 2. The Labute approximate surface area is 171 Å². The highest BCUT2D eigenvalue weighted by molar-refractivity contribution is 5.77. The molecule has 0 unspecified atom stereocenters. The average Bonchev–Trinajstić information content (AvgIpc) is 3.16. The third kappa shape index (κ3) is 6.37. The van der Waals surface area contributed by atoms with E-state index in [1.54, 1.807) is 18.2 Å². The Kier molecular flexibility index (Phi) is 7.77. The van der Waals surface area contributed by atoms with Gasteiger partial charge in [-0.15, -0.1) is 0 Å². The molecule has 1 amide bonds. The first kappa shape index (κ1) is 21.5. The van der Waals surface area contributed by atoms with E-state index >= 15 is 0 Å². The van der Waals surface area contributed by atoms with Crippen LogP contribution in [-0.2, 0) is 16.1 Å². The topological polar surface area (TPSA) is 67.6 Å². The van der Waals surface area contributed by atoms with E-state index in [9.17, 15) is 9.18 Å². The number of nitrogens with one attached hydrogen (secondary N) is 1. The highest BCUT2D eigenvalue weighted by Crippen LogP contribution is 2.22. The summed E-state index contributed by atoms with van der Waals surface area (Å²) in [7, 11) is 0. The van der Waals surface area contributed by atoms with E-state index in [0.717, 1.165) is 18.5 Å². The standard InChI is InChI=1S/C22H30FN3O3/c1-16-5-3-6-17(2)26(16)12-4-11-24-22(27)15-28-14-20-13-21(29-25-20)18-7-9-19(23)10-8-18/h7-10,13,16-17H,3-6,11-12,14-15H2,1-2H3,(H,24,27)/t16-,17+. The second kappa shape index (κ2) is 10.5. The predicted molar refractivity (Wildman–Crippen MR) is 109 cm³/mol. The molecular formula is C22H30FN3O3. The van der Waals surface area contributed by atoms with E-state index < -0.39 is 0 Å². The Morgan fingerprint density at radius 2 is 2.00 bits per heavy atom. The number of carbonyl (C=O) groups is 1. The number of rotatable bonds is 9. The van der Waals surface area contributed by atoms with Crippen LogP contribution in [0.2, 0.25) is 0 Å². The van der Waals surface area contributed by atoms with Gasteiger partial charge in [0.05, 0.1) is 6.61 Å². The number of amides is 1. The van der Waals surface area contributed by atoms with Crippen molar-refractivity contribution in [2.24, 2.45) is 0 Å². The summed E-state index contributed by atoms with van der Waals surface area (Å²) < 4.78 is 23.7. The van der Waals surface area contributed by atoms with Crippen molar-refractivity contribution in [3.8, 4) is 11.3 Å². The molecule has 0 radical (unpaired) electrons. The van der Waals surface area contributed by atoms with Gasteiger partial charge in [0.25, 0.3) is 0 Å². The van der Waals surface area contributed by atoms with E-state index in [-0.39, 0.29) is 24.9 Å². The molecule has 6 nitrogen and oxygen atoms in total. The molecule has 29 heavy (non-hydrogen) atoms. The molecule has 0 saturated carbocycles. The smallest absolute Gasteiger partial charge is 0.246 e. The molecule has 2 heterocycles. The first-order valence-corrected chi connectivity index (χ1v) is 10.3. The molecule has 158 valence electrons. The molecule has 1 aromatic heterocycles. The lowest BCUT2D eigenvalue weighted by molar-refractivity contribution is -0.126. The van der Waals surface area contributed by atoms with Gasteiger partial charge in [-0.05, 0) is 57.4 Å². The lowest BCUT2D eigenvalue weighted by Crippen LogP contribution is -2.44. The second-order valence-electron chi connectivity index (χ2n) is 7.75. The molecule has 1 aliphatic heterocycles. The molecule has 0 aliphatic carbocycles. The number of halogens is 1. The van der Waals surface area contributed by atoms with Crippen LogP contribution in [0.1, 0.15) is 45.2 Å². The third-order valence-corrected chi connectivity index (χ3v) is 5.46. The fourth-order valence-corrected chi connectivity index (χ4v) is 3.83. The monoisotopic (exact) mass is 403 g/mol. The Hall–Kier alpha value is -2.25. The molecule has 7 heteroatoms. The summed E-state index contributed by atoms with van der Waals surface area (Å²) in [6, 6.07) is 8.96. The van der Waals surface area contributed by atoms with Gasteiger partial charge >= 0.3 is 0 Å². The van der Waals surface area contributed by atoms with Crippen molar-refractivity contribution in [3.05, 3.63) is 41.8 Å². The fraction of sp³-hybridized carbons (Fsp3) is 0.545. The summed E-state index contributed by atoms with van der Waals surface area (Å²) in [6.45, 7) is 6.39. The Morgan fingerprint density at radius 1 is 1.28 bits per heavy atom. The van der Waals surface area contributed by atoms with Crippen LogP contribution in [0.25, 0.3) is 11.3 Å². The van der Waals surface area contributed by atoms with Crippen LogP contribution in [0, 0.1) is 5.82 Å². The average molecular weight is 403 g/mol. The van der Waals surface area contributed by atoms with E-state index in [1.165, 1.54) is 31.4 Å². The van der Waals surface area contributed by atoms with Crippen LogP contribution in [-0.4, -0.2) is 47.7 Å². The lowest BCUT2D eigenvalue weighted by atomic mass is 9.97. The van der Waals surface area contributed by atoms with Gasteiger partial charge in [-0.2, -0.15) is 0 Å². The van der Waals surface area contributed by atoms with Crippen molar-refractivity contribution in [1.82, 2.24) is 15.4 Å². The fourth-order valence-electron chi connectivity index (χ4n) is 3.83. The normalized spacial score (nSPS) is 20.0. The zero-order valence-corrected chi connectivity index (χ0v) is 17.2. The number of hydrogen-bond donors (Lipinski definition) is 1. The van der Waals surface area contributed by atoms with Crippen molar-refractivity contribution >= 4 is 5.91 Å². The molecule has 3 rings (SSSR count). The Bertz CT molecular complexity index is 768. The minimum atomic E-state index is -0.303. The second-order valence-corrected chi connectivity index (χ2v) is 7.75. The summed E-state index contributed by atoms with van der Waals surface area (Å²) in [4.78, 5) is 14.5. The van der Waals surface area contributed by atoms with Crippen LogP contribution in [0.15, 0.2) is 34.9 Å². The molecule has 1 aliphatic rings. The van der Waals surface area contributed by atoms with Gasteiger partial charge in [0.15, 0.2) is 5.76 Å². The van der Waals surface area contributed by atoms with Crippen LogP contribution < -0.4 is 5.32 Å². The van der Waals surface area contributed by atoms with E-state index in [0.29, 0.717) is 30.1 Å². The number of benzene rings is 1. The van der Waals surface area contributed by atoms with Crippen molar-refractivity contribution in [3.63, 3.8) is 0 Å². The largest absolute Gasteiger partial charge is 0.365 e. The Balaban J connectivity index is 1.31. The maximum Gasteiger partial charge on any atom is 0.246 e. The molecule has 1 fully saturated rings. The first-order valence-electron chi connectivity index (χ1n) is 10.3. The minimum Gasteiger partial charge on any atom is -0.365 e. The quantitative estimate of drug-likeness (QED) is 0.646. The molecule has 0 spiro atoms. The maximum absolute atomic E-state index is 13.0. The molecule has 2 aromatic rings. The van der Waals surface area contributed by atoms with Gasteiger partial charge in [0.1, 0.15) is 18.1 Å². The zero-order chi connectivity index (χ0) is 20.6. The lowest BCUT2D eigenvalue weighted by Gasteiger charge is -2.39. The van der Waals surface area contributed by atoms with Crippen LogP contribution in [0.4, 0.5) is 4.39 Å². The molecule has 1 aromatic carbocycles. The summed E-state index contributed by atoms with van der Waals surface area (Å²) in [5.74, 6) is 0.101. The van der Waals surface area contributed by atoms with Gasteiger partial charge in [-0.1, -0.05) is 11.6 Å². The summed E-state index contributed by atoms with van der Waals surface area (Å²) in [5.41, 5.74) is 1.32. The van der Waals surface area contributed by atoms with Crippen LogP contribution >= 0.6 is 0 Å². The number of piperidine rings is 1. The van der Waals surface area contributed by atoms with E-state index in [1.807, 2.05) is 0 Å². The van der Waals surface area contributed by atoms with Crippen molar-refractivity contribution in [2.75, 3.05) is 19.7 Å². The highest BCUT2D eigenvalue weighted by Gasteiger charge is 2.23. The van der Waals surface area contributed by atoms with Gasteiger partial charge in [0.2, 0.25) is 5.91 Å². The summed E-state index contributed by atoms with van der Waals surface area (Å²) in [5, 5.41) is 6.83. The number of hydrogen-bond acceptors (Lipinski definition) is 5. The van der Waals surface area contributed by atoms with E-state index in [2.05, 4.69) is 29.2 Å². The maximum atomic E-state index is 13.0. The molecule has 2 atom stereocenters. The van der Waals surface area contributed by atoms with Crippen LogP contribution in [0.5, 0.6) is 0 Å². The SMILES string of the molecule is C[C@@H]1CCC[C@H](C)N1CCCNC(=O)COCc1cc(-c2ccc(F)cc2)on1. The molecule has 0 bridgehead atoms. The van der Waals surface area contributed by atoms with Crippen molar-refractivity contribution < 1.29 is 18.4 Å². The van der Waals surface area contributed by atoms with E-state index in [4.69, 9.17) is 9.26 Å². The van der Waals surface area contributed by atoms with Gasteiger partial charge in [-0.3, -0.25) is 9.69 Å². The highest BCUT2D eigenvalue weighted by atomic mass is 19.1.